The van der Waals surface area contributed by atoms with Crippen LogP contribution in [0.5, 0.6) is 11.5 Å². The van der Waals surface area contributed by atoms with Crippen LogP contribution in [0.25, 0.3) is 0 Å². The number of carbonyl (C=O) groups is 2. The number of carbonyl (C=O) groups excluding carboxylic acids is 1. The van der Waals surface area contributed by atoms with Gasteiger partial charge in [0.15, 0.2) is 11.5 Å². The average molecular weight is 296 g/mol. The number of benzene rings is 1. The summed E-state index contributed by atoms with van der Waals surface area (Å²) < 4.78 is 15.3. The zero-order valence-corrected chi connectivity index (χ0v) is 11.4. The molecule has 0 spiro atoms. The number of ether oxygens (including phenoxy) is 3. The summed E-state index contributed by atoms with van der Waals surface area (Å²) >= 11 is 0. The molecule has 1 aromatic rings. The molecule has 2 rings (SSSR count). The number of hydrogen-bond donors (Lipinski definition) is 3. The number of fused-ring (bicyclic) bond motifs is 1. The van der Waals surface area contributed by atoms with E-state index in [9.17, 15) is 9.59 Å². The summed E-state index contributed by atoms with van der Waals surface area (Å²) in [6, 6.07) is 4.56. The molecule has 114 valence electrons. The Kier molecular flexibility index (Phi) is 4.83. The quantitative estimate of drug-likeness (QED) is 0.724. The minimum Gasteiger partial charge on any atom is -0.481 e. The fraction of sp³-hybridized carbons (Fsp3) is 0.385. The largest absolute Gasteiger partial charge is 0.481 e. The van der Waals surface area contributed by atoms with Crippen LogP contribution >= 0.6 is 0 Å². The molecule has 1 aromatic carbocycles. The Bertz CT molecular complexity index is 533. The molecule has 0 saturated carbocycles. The third kappa shape index (κ3) is 4.25. The molecule has 8 heteroatoms. The lowest BCUT2D eigenvalue weighted by atomic mass is 10.2. The monoisotopic (exact) mass is 296 g/mol. The highest BCUT2D eigenvalue weighted by atomic mass is 16.7. The number of methoxy groups -OCH3 is 1. The van der Waals surface area contributed by atoms with E-state index >= 15 is 0 Å². The molecule has 0 aromatic heterocycles. The van der Waals surface area contributed by atoms with Gasteiger partial charge in [0.05, 0.1) is 12.5 Å². The van der Waals surface area contributed by atoms with E-state index in [0.29, 0.717) is 17.2 Å². The molecule has 3 N–H and O–H groups in total. The number of urea groups is 1. The summed E-state index contributed by atoms with van der Waals surface area (Å²) in [4.78, 5) is 22.3. The van der Waals surface area contributed by atoms with Crippen molar-refractivity contribution in [3.05, 3.63) is 18.2 Å². The molecule has 1 unspecified atom stereocenters. The number of carboxylic acids is 1. The first kappa shape index (κ1) is 14.9. The summed E-state index contributed by atoms with van der Waals surface area (Å²) in [6.07, 6.45) is -0.758. The zero-order valence-electron chi connectivity index (χ0n) is 11.4. The van der Waals surface area contributed by atoms with Crippen molar-refractivity contribution in [2.75, 3.05) is 25.8 Å². The lowest BCUT2D eigenvalue weighted by molar-refractivity contribution is -0.139. The predicted octanol–water partition coefficient (Wildman–Crippen LogP) is 1.03. The maximum Gasteiger partial charge on any atom is 0.319 e. The summed E-state index contributed by atoms with van der Waals surface area (Å²) in [5.41, 5.74) is 0.545. The Balaban J connectivity index is 1.83. The van der Waals surface area contributed by atoms with Crippen LogP contribution in [0.3, 0.4) is 0 Å². The van der Waals surface area contributed by atoms with Gasteiger partial charge in [-0.2, -0.15) is 0 Å². The highest BCUT2D eigenvalue weighted by Gasteiger charge is 2.15. The van der Waals surface area contributed by atoms with E-state index in [1.54, 1.807) is 18.2 Å². The van der Waals surface area contributed by atoms with Gasteiger partial charge >= 0.3 is 12.0 Å². The Labute approximate surface area is 121 Å². The van der Waals surface area contributed by atoms with Crippen LogP contribution in [0, 0.1) is 0 Å². The Morgan fingerprint density at radius 3 is 2.86 bits per heavy atom. The number of carboxylic acid groups (broad SMARTS) is 1. The lowest BCUT2D eigenvalue weighted by Crippen LogP contribution is -2.37. The molecule has 0 fully saturated rings. The maximum absolute atomic E-state index is 11.7. The van der Waals surface area contributed by atoms with Gasteiger partial charge in [-0.15, -0.1) is 0 Å². The van der Waals surface area contributed by atoms with Crippen LogP contribution in [-0.4, -0.2) is 43.7 Å². The van der Waals surface area contributed by atoms with Crippen molar-refractivity contribution >= 4 is 17.7 Å². The minimum absolute atomic E-state index is 0.0964. The van der Waals surface area contributed by atoms with E-state index in [2.05, 4.69) is 10.6 Å². The Morgan fingerprint density at radius 2 is 2.14 bits per heavy atom. The molecular formula is C13H16N2O6. The first-order valence-corrected chi connectivity index (χ1v) is 6.27. The van der Waals surface area contributed by atoms with Crippen molar-refractivity contribution in [2.45, 2.75) is 12.5 Å². The van der Waals surface area contributed by atoms with Gasteiger partial charge in [-0.05, 0) is 12.1 Å². The highest BCUT2D eigenvalue weighted by Crippen LogP contribution is 2.34. The van der Waals surface area contributed by atoms with E-state index in [0.717, 1.165) is 0 Å². The number of hydrogen-bond acceptors (Lipinski definition) is 5. The van der Waals surface area contributed by atoms with Crippen LogP contribution in [0.1, 0.15) is 6.42 Å². The van der Waals surface area contributed by atoms with Crippen molar-refractivity contribution < 1.29 is 28.9 Å². The zero-order chi connectivity index (χ0) is 15.2. The first-order chi connectivity index (χ1) is 10.1. The Morgan fingerprint density at radius 1 is 1.38 bits per heavy atom. The fourth-order valence-corrected chi connectivity index (χ4v) is 1.79. The average Bonchev–Trinajstić information content (AvgIpc) is 2.90. The molecule has 1 aliphatic rings. The van der Waals surface area contributed by atoms with Crippen molar-refractivity contribution in [3.8, 4) is 11.5 Å². The summed E-state index contributed by atoms with van der Waals surface area (Å²) in [5.74, 6) is 0.204. The van der Waals surface area contributed by atoms with E-state index in [1.807, 2.05) is 0 Å². The van der Waals surface area contributed by atoms with E-state index < -0.39 is 18.1 Å². The van der Waals surface area contributed by atoms with E-state index in [4.69, 9.17) is 19.3 Å². The number of anilines is 1. The fourth-order valence-electron chi connectivity index (χ4n) is 1.79. The summed E-state index contributed by atoms with van der Waals surface area (Å²) in [5, 5.41) is 13.8. The van der Waals surface area contributed by atoms with Crippen LogP contribution in [-0.2, 0) is 9.53 Å². The summed E-state index contributed by atoms with van der Waals surface area (Å²) in [7, 11) is 1.39. The van der Waals surface area contributed by atoms with Crippen molar-refractivity contribution in [1.82, 2.24) is 5.32 Å². The molecule has 1 heterocycles. The smallest absolute Gasteiger partial charge is 0.319 e. The molecule has 8 nitrogen and oxygen atoms in total. The third-order valence-electron chi connectivity index (χ3n) is 2.86. The molecule has 1 atom stereocenters. The lowest BCUT2D eigenvalue weighted by Gasteiger charge is -2.14. The number of rotatable bonds is 6. The minimum atomic E-state index is -0.986. The van der Waals surface area contributed by atoms with Gasteiger partial charge in [0.1, 0.15) is 0 Å². The van der Waals surface area contributed by atoms with Gasteiger partial charge in [0.2, 0.25) is 6.79 Å². The first-order valence-electron chi connectivity index (χ1n) is 6.27. The Hall–Kier alpha value is -2.48. The second kappa shape index (κ2) is 6.80. The van der Waals surface area contributed by atoms with Crippen molar-refractivity contribution in [3.63, 3.8) is 0 Å². The number of aliphatic carboxylic acids is 1. The third-order valence-corrected chi connectivity index (χ3v) is 2.86. The molecule has 0 radical (unpaired) electrons. The standard InChI is InChI=1S/C13H16N2O6/c1-19-9(5-12(16)17)6-14-13(18)15-8-2-3-10-11(4-8)21-7-20-10/h2-4,9H,5-7H2,1H3,(H,16,17)(H2,14,15,18). The van der Waals surface area contributed by atoms with Crippen LogP contribution in [0.4, 0.5) is 10.5 Å². The van der Waals surface area contributed by atoms with Gasteiger partial charge in [-0.1, -0.05) is 0 Å². The maximum atomic E-state index is 11.7. The second-order valence-electron chi connectivity index (χ2n) is 4.36. The summed E-state index contributed by atoms with van der Waals surface area (Å²) in [6.45, 7) is 0.259. The normalized spacial score (nSPS) is 13.6. The van der Waals surface area contributed by atoms with Gasteiger partial charge in [-0.25, -0.2) is 4.79 Å². The number of amides is 2. The van der Waals surface area contributed by atoms with E-state index in [1.165, 1.54) is 7.11 Å². The predicted molar refractivity (Wildman–Crippen MR) is 72.6 cm³/mol. The van der Waals surface area contributed by atoms with Crippen LogP contribution in [0.2, 0.25) is 0 Å². The topological polar surface area (TPSA) is 106 Å². The van der Waals surface area contributed by atoms with Gasteiger partial charge in [-0.3, -0.25) is 4.79 Å². The van der Waals surface area contributed by atoms with E-state index in [-0.39, 0.29) is 19.8 Å². The second-order valence-corrected chi connectivity index (χ2v) is 4.36. The molecular weight excluding hydrogens is 280 g/mol. The van der Waals surface area contributed by atoms with Crippen molar-refractivity contribution in [2.24, 2.45) is 0 Å². The number of nitrogens with one attached hydrogen (secondary N) is 2. The molecule has 0 aliphatic carbocycles. The SMILES string of the molecule is COC(CNC(=O)Nc1ccc2c(c1)OCO2)CC(=O)O. The molecule has 0 saturated heterocycles. The van der Waals surface area contributed by atoms with Crippen molar-refractivity contribution in [1.29, 1.82) is 0 Å². The van der Waals surface area contributed by atoms with Crippen LogP contribution in [0.15, 0.2) is 18.2 Å². The molecule has 0 bridgehead atoms. The molecule has 1 aliphatic heterocycles. The molecule has 21 heavy (non-hydrogen) atoms. The molecule has 2 amide bonds. The van der Waals surface area contributed by atoms with Crippen LogP contribution < -0.4 is 20.1 Å². The van der Waals surface area contributed by atoms with Gasteiger partial charge < -0.3 is 30.0 Å². The van der Waals surface area contributed by atoms with Gasteiger partial charge in [0.25, 0.3) is 0 Å². The van der Waals surface area contributed by atoms with Gasteiger partial charge in [0, 0.05) is 25.4 Å². The highest BCUT2D eigenvalue weighted by molar-refractivity contribution is 5.89.